The second-order valence-electron chi connectivity index (χ2n) is 3.60. The summed E-state index contributed by atoms with van der Waals surface area (Å²) >= 11 is 0. The summed E-state index contributed by atoms with van der Waals surface area (Å²) in [6, 6.07) is 3.26. The molecule has 1 atom stereocenters. The van der Waals surface area contributed by atoms with Gasteiger partial charge in [0.25, 0.3) is 0 Å². The van der Waals surface area contributed by atoms with Crippen molar-refractivity contribution in [1.29, 1.82) is 0 Å². The van der Waals surface area contributed by atoms with Gasteiger partial charge in [0.1, 0.15) is 11.6 Å². The summed E-state index contributed by atoms with van der Waals surface area (Å²) in [7, 11) is 1.59. The van der Waals surface area contributed by atoms with Crippen molar-refractivity contribution in [2.45, 2.75) is 19.4 Å². The predicted molar refractivity (Wildman–Crippen MR) is 53.1 cm³/mol. The lowest BCUT2D eigenvalue weighted by Gasteiger charge is -2.25. The third-order valence-electron chi connectivity index (χ3n) is 2.72. The normalized spacial score (nSPS) is 20.4. The molecule has 1 unspecified atom stereocenters. The molecule has 3 heteroatoms. The number of rotatable bonds is 1. The summed E-state index contributed by atoms with van der Waals surface area (Å²) in [5.41, 5.74) is 2.16. The monoisotopic (exact) mass is 195 g/mol. The lowest BCUT2D eigenvalue weighted by atomic mass is 9.94. The summed E-state index contributed by atoms with van der Waals surface area (Å²) < 4.78 is 18.4. The van der Waals surface area contributed by atoms with Crippen molar-refractivity contribution in [3.05, 3.63) is 29.1 Å². The van der Waals surface area contributed by atoms with Crippen LogP contribution in [0.4, 0.5) is 4.39 Å². The van der Waals surface area contributed by atoms with Crippen LogP contribution in [-0.4, -0.2) is 13.7 Å². The smallest absolute Gasteiger partial charge is 0.127 e. The summed E-state index contributed by atoms with van der Waals surface area (Å²) in [5, 5.41) is 3.29. The first kappa shape index (κ1) is 9.46. The van der Waals surface area contributed by atoms with Gasteiger partial charge in [0.05, 0.1) is 7.11 Å². The van der Waals surface area contributed by atoms with Crippen molar-refractivity contribution in [2.24, 2.45) is 0 Å². The first-order valence-corrected chi connectivity index (χ1v) is 4.82. The van der Waals surface area contributed by atoms with Gasteiger partial charge < -0.3 is 10.1 Å². The van der Waals surface area contributed by atoms with Crippen molar-refractivity contribution in [2.75, 3.05) is 13.7 Å². The van der Waals surface area contributed by atoms with E-state index in [-0.39, 0.29) is 11.9 Å². The van der Waals surface area contributed by atoms with Gasteiger partial charge in [-0.15, -0.1) is 0 Å². The summed E-state index contributed by atoms with van der Waals surface area (Å²) in [4.78, 5) is 0. The SMILES string of the molecule is COc1cc(F)cc2c1CCNC2C. The highest BCUT2D eigenvalue weighted by molar-refractivity contribution is 5.43. The minimum absolute atomic E-state index is 0.211. The maximum absolute atomic E-state index is 13.2. The minimum atomic E-state index is -0.226. The van der Waals surface area contributed by atoms with Crippen molar-refractivity contribution < 1.29 is 9.13 Å². The molecule has 76 valence electrons. The van der Waals surface area contributed by atoms with E-state index in [0.717, 1.165) is 24.1 Å². The fourth-order valence-corrected chi connectivity index (χ4v) is 1.99. The molecule has 14 heavy (non-hydrogen) atoms. The molecule has 1 N–H and O–H groups in total. The van der Waals surface area contributed by atoms with Gasteiger partial charge in [-0.3, -0.25) is 0 Å². The van der Waals surface area contributed by atoms with Crippen molar-refractivity contribution in [3.63, 3.8) is 0 Å². The van der Waals surface area contributed by atoms with E-state index < -0.39 is 0 Å². The van der Waals surface area contributed by atoms with Crippen LogP contribution < -0.4 is 10.1 Å². The number of hydrogen-bond donors (Lipinski definition) is 1. The lowest BCUT2D eigenvalue weighted by molar-refractivity contribution is 0.398. The molecule has 1 aromatic carbocycles. The Labute approximate surface area is 83.1 Å². The third kappa shape index (κ3) is 1.48. The summed E-state index contributed by atoms with van der Waals surface area (Å²) in [6.45, 7) is 2.97. The van der Waals surface area contributed by atoms with Gasteiger partial charge in [0.15, 0.2) is 0 Å². The maximum Gasteiger partial charge on any atom is 0.127 e. The highest BCUT2D eigenvalue weighted by atomic mass is 19.1. The van der Waals surface area contributed by atoms with Gasteiger partial charge in [-0.1, -0.05) is 0 Å². The number of benzene rings is 1. The van der Waals surface area contributed by atoms with E-state index in [2.05, 4.69) is 5.32 Å². The van der Waals surface area contributed by atoms with Crippen molar-refractivity contribution >= 4 is 0 Å². The first-order valence-electron chi connectivity index (χ1n) is 4.82. The van der Waals surface area contributed by atoms with Crippen LogP contribution in [-0.2, 0) is 6.42 Å². The van der Waals surface area contributed by atoms with E-state index in [1.54, 1.807) is 13.2 Å². The zero-order chi connectivity index (χ0) is 10.1. The Morgan fingerprint density at radius 3 is 3.00 bits per heavy atom. The van der Waals surface area contributed by atoms with Gasteiger partial charge >= 0.3 is 0 Å². The van der Waals surface area contributed by atoms with E-state index in [9.17, 15) is 4.39 Å². The number of hydrogen-bond acceptors (Lipinski definition) is 2. The molecule has 2 rings (SSSR count). The molecule has 1 aliphatic rings. The number of nitrogens with one attached hydrogen (secondary N) is 1. The molecule has 0 saturated carbocycles. The van der Waals surface area contributed by atoms with Crippen molar-refractivity contribution in [3.8, 4) is 5.75 Å². The molecule has 0 aliphatic carbocycles. The van der Waals surface area contributed by atoms with Crippen LogP contribution >= 0.6 is 0 Å². The zero-order valence-corrected chi connectivity index (χ0v) is 8.43. The average molecular weight is 195 g/mol. The second kappa shape index (κ2) is 3.58. The Kier molecular flexibility index (Phi) is 2.42. The Hall–Kier alpha value is -1.09. The second-order valence-corrected chi connectivity index (χ2v) is 3.60. The van der Waals surface area contributed by atoms with Crippen LogP contribution in [0.1, 0.15) is 24.1 Å². The van der Waals surface area contributed by atoms with Gasteiger partial charge in [-0.2, -0.15) is 0 Å². The molecule has 0 radical (unpaired) electrons. The Morgan fingerprint density at radius 1 is 1.50 bits per heavy atom. The van der Waals surface area contributed by atoms with Gasteiger partial charge in [-0.05, 0) is 31.5 Å². The highest BCUT2D eigenvalue weighted by Crippen LogP contribution is 2.31. The third-order valence-corrected chi connectivity index (χ3v) is 2.72. The molecule has 1 aromatic rings. The average Bonchev–Trinajstić information content (AvgIpc) is 2.18. The van der Waals surface area contributed by atoms with Crippen LogP contribution in [0.25, 0.3) is 0 Å². The molecule has 0 spiro atoms. The standard InChI is InChI=1S/C11H14FNO/c1-7-10-5-8(12)6-11(14-2)9(10)3-4-13-7/h5-7,13H,3-4H2,1-2H3. The number of fused-ring (bicyclic) bond motifs is 1. The van der Waals surface area contributed by atoms with Crippen LogP contribution in [0, 0.1) is 5.82 Å². The predicted octanol–water partition coefficient (Wildman–Crippen LogP) is 2.04. The molecule has 2 nitrogen and oxygen atoms in total. The molecular weight excluding hydrogens is 181 g/mol. The van der Waals surface area contributed by atoms with Crippen molar-refractivity contribution in [1.82, 2.24) is 5.32 Å². The largest absolute Gasteiger partial charge is 0.496 e. The Balaban J connectivity index is 2.54. The summed E-state index contributed by atoms with van der Waals surface area (Å²) in [6.07, 6.45) is 0.906. The van der Waals surface area contributed by atoms with E-state index in [1.807, 2.05) is 6.92 Å². The fourth-order valence-electron chi connectivity index (χ4n) is 1.99. The minimum Gasteiger partial charge on any atom is -0.496 e. The topological polar surface area (TPSA) is 21.3 Å². The lowest BCUT2D eigenvalue weighted by Crippen LogP contribution is -2.28. The fraction of sp³-hybridized carbons (Fsp3) is 0.455. The molecular formula is C11H14FNO. The molecule has 1 aliphatic heterocycles. The molecule has 0 bridgehead atoms. The van der Waals surface area contributed by atoms with E-state index in [1.165, 1.54) is 6.07 Å². The molecule has 0 saturated heterocycles. The van der Waals surface area contributed by atoms with Gasteiger partial charge in [0, 0.05) is 17.7 Å². The maximum atomic E-state index is 13.2. The molecule has 0 fully saturated rings. The number of halogens is 1. The van der Waals surface area contributed by atoms with Crippen LogP contribution in [0.2, 0.25) is 0 Å². The Morgan fingerprint density at radius 2 is 2.29 bits per heavy atom. The number of methoxy groups -OCH3 is 1. The zero-order valence-electron chi connectivity index (χ0n) is 8.43. The Bertz CT molecular complexity index is 351. The van der Waals surface area contributed by atoms with Crippen LogP contribution in [0.5, 0.6) is 5.75 Å². The summed E-state index contributed by atoms with van der Waals surface area (Å²) in [5.74, 6) is 0.449. The van der Waals surface area contributed by atoms with E-state index >= 15 is 0 Å². The van der Waals surface area contributed by atoms with Crippen LogP contribution in [0.15, 0.2) is 12.1 Å². The molecule has 0 aromatic heterocycles. The van der Waals surface area contributed by atoms with E-state index in [4.69, 9.17) is 4.74 Å². The highest BCUT2D eigenvalue weighted by Gasteiger charge is 2.20. The number of ether oxygens (including phenoxy) is 1. The molecule has 1 heterocycles. The first-order chi connectivity index (χ1) is 6.72. The quantitative estimate of drug-likeness (QED) is 0.740. The van der Waals surface area contributed by atoms with Crippen LogP contribution in [0.3, 0.4) is 0 Å². The van der Waals surface area contributed by atoms with Gasteiger partial charge in [-0.25, -0.2) is 4.39 Å². The van der Waals surface area contributed by atoms with E-state index in [0.29, 0.717) is 5.75 Å². The molecule has 0 amide bonds. The van der Waals surface area contributed by atoms with Gasteiger partial charge in [0.2, 0.25) is 0 Å².